The molecule has 0 radical (unpaired) electrons. The zero-order valence-electron chi connectivity index (χ0n) is 13.5. The number of benzene rings is 1. The molecule has 0 fully saturated rings. The second-order valence-electron chi connectivity index (χ2n) is 5.35. The van der Waals surface area contributed by atoms with Gasteiger partial charge in [-0.25, -0.2) is 0 Å². The van der Waals surface area contributed by atoms with Crippen LogP contribution >= 0.6 is 11.3 Å². The summed E-state index contributed by atoms with van der Waals surface area (Å²) >= 11 is 1.29. The molecular formula is C18H20N2O3S. The van der Waals surface area contributed by atoms with Gasteiger partial charge in [-0.1, -0.05) is 43.7 Å². The van der Waals surface area contributed by atoms with Gasteiger partial charge in [0.05, 0.1) is 4.88 Å². The van der Waals surface area contributed by atoms with E-state index in [1.807, 2.05) is 12.1 Å². The fourth-order valence-electron chi connectivity index (χ4n) is 2.18. The second kappa shape index (κ2) is 8.98. The molecule has 126 valence electrons. The summed E-state index contributed by atoms with van der Waals surface area (Å²) in [4.78, 5) is 36.0. The molecule has 1 aromatic heterocycles. The number of carbonyl (C=O) groups excluding carboxylic acids is 3. The number of aryl methyl sites for hydroxylation is 1. The van der Waals surface area contributed by atoms with E-state index in [4.69, 9.17) is 0 Å². The van der Waals surface area contributed by atoms with Crippen molar-refractivity contribution in [2.24, 2.45) is 0 Å². The molecule has 0 bridgehead atoms. The van der Waals surface area contributed by atoms with Gasteiger partial charge < -0.3 is 0 Å². The van der Waals surface area contributed by atoms with E-state index in [1.54, 1.807) is 29.6 Å². The molecule has 5 nitrogen and oxygen atoms in total. The van der Waals surface area contributed by atoms with Crippen molar-refractivity contribution in [2.45, 2.75) is 32.6 Å². The molecule has 0 aliphatic rings. The molecule has 0 atom stereocenters. The van der Waals surface area contributed by atoms with Gasteiger partial charge in [-0.3, -0.25) is 25.2 Å². The summed E-state index contributed by atoms with van der Waals surface area (Å²) in [6.07, 6.45) is 2.18. The third-order valence-electron chi connectivity index (χ3n) is 3.45. The predicted octanol–water partition coefficient (Wildman–Crippen LogP) is 3.12. The molecular weight excluding hydrogens is 324 g/mol. The molecule has 0 saturated heterocycles. The van der Waals surface area contributed by atoms with Crippen LogP contribution in [0.25, 0.3) is 0 Å². The molecule has 6 heteroatoms. The molecule has 1 aromatic carbocycles. The fraction of sp³-hybridized carbons (Fsp3) is 0.278. The number of thiophene rings is 1. The first-order valence-electron chi connectivity index (χ1n) is 7.85. The Morgan fingerprint density at radius 3 is 2.38 bits per heavy atom. The minimum Gasteiger partial charge on any atom is -0.294 e. The maximum absolute atomic E-state index is 12.1. The van der Waals surface area contributed by atoms with Crippen molar-refractivity contribution in [3.05, 3.63) is 57.8 Å². The van der Waals surface area contributed by atoms with Gasteiger partial charge >= 0.3 is 0 Å². The molecule has 0 aliphatic heterocycles. The normalized spacial score (nSPS) is 10.2. The summed E-state index contributed by atoms with van der Waals surface area (Å²) in [6, 6.07) is 10.9. The number of amides is 2. The number of rotatable bonds is 7. The Kier molecular flexibility index (Phi) is 6.69. The largest absolute Gasteiger partial charge is 0.294 e. The minimum absolute atomic E-state index is 0.0280. The third-order valence-corrected chi connectivity index (χ3v) is 4.32. The van der Waals surface area contributed by atoms with Crippen molar-refractivity contribution in [3.8, 4) is 0 Å². The average Bonchev–Trinajstić information content (AvgIpc) is 3.13. The number of carbonyl (C=O) groups is 3. The van der Waals surface area contributed by atoms with E-state index in [9.17, 15) is 14.4 Å². The van der Waals surface area contributed by atoms with Gasteiger partial charge in [-0.15, -0.1) is 11.3 Å². The lowest BCUT2D eigenvalue weighted by Crippen LogP contribution is -2.41. The van der Waals surface area contributed by atoms with Crippen molar-refractivity contribution in [3.63, 3.8) is 0 Å². The van der Waals surface area contributed by atoms with Gasteiger partial charge in [-0.05, 0) is 23.4 Å². The average molecular weight is 344 g/mol. The number of nitrogens with one attached hydrogen (secondary N) is 2. The van der Waals surface area contributed by atoms with Crippen LogP contribution in [0, 0.1) is 0 Å². The SMILES string of the molecule is CCCc1ccc(C(=O)CCC(=O)NNC(=O)c2cccs2)cc1. The van der Waals surface area contributed by atoms with Crippen LogP contribution < -0.4 is 10.9 Å². The van der Waals surface area contributed by atoms with Crippen LogP contribution in [0.3, 0.4) is 0 Å². The van der Waals surface area contributed by atoms with Crippen LogP contribution in [0.1, 0.15) is 51.8 Å². The maximum atomic E-state index is 12.1. The Morgan fingerprint density at radius 1 is 1.00 bits per heavy atom. The van der Waals surface area contributed by atoms with Crippen LogP contribution in [-0.2, 0) is 11.2 Å². The first-order chi connectivity index (χ1) is 11.6. The predicted molar refractivity (Wildman–Crippen MR) is 93.9 cm³/mol. The smallest absolute Gasteiger partial charge is 0.279 e. The monoisotopic (exact) mass is 344 g/mol. The Balaban J connectivity index is 1.74. The first-order valence-corrected chi connectivity index (χ1v) is 8.73. The molecule has 0 unspecified atom stereocenters. The number of ketones is 1. The molecule has 0 saturated carbocycles. The number of hydrazine groups is 1. The summed E-state index contributed by atoms with van der Waals surface area (Å²) in [5, 5.41) is 1.78. The van der Waals surface area contributed by atoms with Crippen molar-refractivity contribution in [2.75, 3.05) is 0 Å². The lowest BCUT2D eigenvalue weighted by Gasteiger charge is -2.06. The number of hydrogen-bond donors (Lipinski definition) is 2. The Labute approximate surface area is 145 Å². The van der Waals surface area contributed by atoms with Gasteiger partial charge in [0.15, 0.2) is 5.78 Å². The molecule has 0 spiro atoms. The van der Waals surface area contributed by atoms with Crippen molar-refractivity contribution in [1.82, 2.24) is 10.9 Å². The summed E-state index contributed by atoms with van der Waals surface area (Å²) in [7, 11) is 0. The summed E-state index contributed by atoms with van der Waals surface area (Å²) < 4.78 is 0. The van der Waals surface area contributed by atoms with Crippen LogP contribution in [0.5, 0.6) is 0 Å². The van der Waals surface area contributed by atoms with Gasteiger partial charge in [0.25, 0.3) is 5.91 Å². The van der Waals surface area contributed by atoms with E-state index >= 15 is 0 Å². The van der Waals surface area contributed by atoms with E-state index in [2.05, 4.69) is 17.8 Å². The van der Waals surface area contributed by atoms with E-state index in [1.165, 1.54) is 16.9 Å². The summed E-state index contributed by atoms with van der Waals surface area (Å²) in [5.41, 5.74) is 6.45. The van der Waals surface area contributed by atoms with Crippen molar-refractivity contribution < 1.29 is 14.4 Å². The Bertz CT molecular complexity index is 694. The van der Waals surface area contributed by atoms with Gasteiger partial charge in [0.1, 0.15) is 0 Å². The number of hydrogen-bond acceptors (Lipinski definition) is 4. The highest BCUT2D eigenvalue weighted by atomic mass is 32.1. The molecule has 1 heterocycles. The van der Waals surface area contributed by atoms with Crippen LogP contribution in [0.2, 0.25) is 0 Å². The second-order valence-corrected chi connectivity index (χ2v) is 6.30. The van der Waals surface area contributed by atoms with Gasteiger partial charge in [-0.2, -0.15) is 0 Å². The van der Waals surface area contributed by atoms with Gasteiger partial charge in [0, 0.05) is 18.4 Å². The molecule has 2 aromatic rings. The number of Topliss-reactive ketones (excluding diaryl/α,β-unsaturated/α-hetero) is 1. The van der Waals surface area contributed by atoms with Crippen molar-refractivity contribution in [1.29, 1.82) is 0 Å². The molecule has 2 N–H and O–H groups in total. The lowest BCUT2D eigenvalue weighted by molar-refractivity contribution is -0.121. The fourth-order valence-corrected chi connectivity index (χ4v) is 2.79. The quantitative estimate of drug-likeness (QED) is 0.598. The Hall–Kier alpha value is -2.47. The molecule has 2 rings (SSSR count). The standard InChI is InChI=1S/C18H20N2O3S/c1-2-4-13-6-8-14(9-7-13)15(21)10-11-17(22)19-20-18(23)16-5-3-12-24-16/h3,5-9,12H,2,4,10-11H2,1H3,(H,19,22)(H,20,23). The molecule has 24 heavy (non-hydrogen) atoms. The summed E-state index contributed by atoms with van der Waals surface area (Å²) in [6.45, 7) is 2.11. The van der Waals surface area contributed by atoms with Crippen LogP contribution in [0.4, 0.5) is 0 Å². The first kappa shape index (κ1) is 17.9. The highest BCUT2D eigenvalue weighted by molar-refractivity contribution is 7.12. The van der Waals surface area contributed by atoms with Crippen LogP contribution in [0.15, 0.2) is 41.8 Å². The highest BCUT2D eigenvalue weighted by Crippen LogP contribution is 2.10. The zero-order chi connectivity index (χ0) is 17.4. The van der Waals surface area contributed by atoms with Gasteiger partial charge in [0.2, 0.25) is 5.91 Å². The minimum atomic E-state index is -0.393. The Morgan fingerprint density at radius 2 is 1.75 bits per heavy atom. The lowest BCUT2D eigenvalue weighted by atomic mass is 10.0. The topological polar surface area (TPSA) is 75.3 Å². The summed E-state index contributed by atoms with van der Waals surface area (Å²) in [5.74, 6) is -0.843. The van der Waals surface area contributed by atoms with Crippen molar-refractivity contribution >= 4 is 28.9 Å². The zero-order valence-corrected chi connectivity index (χ0v) is 14.3. The molecule has 0 aliphatic carbocycles. The highest BCUT2D eigenvalue weighted by Gasteiger charge is 2.11. The van der Waals surface area contributed by atoms with E-state index < -0.39 is 5.91 Å². The van der Waals surface area contributed by atoms with E-state index in [0.717, 1.165) is 12.8 Å². The van der Waals surface area contributed by atoms with E-state index in [-0.39, 0.29) is 24.5 Å². The molecule has 2 amide bonds. The van der Waals surface area contributed by atoms with Crippen LogP contribution in [-0.4, -0.2) is 17.6 Å². The maximum Gasteiger partial charge on any atom is 0.279 e. The van der Waals surface area contributed by atoms with E-state index in [0.29, 0.717) is 10.4 Å². The third kappa shape index (κ3) is 5.31.